The molecule has 0 bridgehead atoms. The maximum atomic E-state index is 12.8. The molecule has 2 N–H and O–H groups in total. The van der Waals surface area contributed by atoms with Crippen molar-refractivity contribution in [3.63, 3.8) is 0 Å². The lowest BCUT2D eigenvalue weighted by atomic mass is 10.2. The van der Waals surface area contributed by atoms with Crippen LogP contribution in [0, 0.1) is 0 Å². The Kier molecular flexibility index (Phi) is 4.15. The Morgan fingerprint density at radius 3 is 2.48 bits per heavy atom. The summed E-state index contributed by atoms with van der Waals surface area (Å²) in [5.41, 5.74) is 0.747. The summed E-state index contributed by atoms with van der Waals surface area (Å²) < 4.78 is 44.0. The summed E-state index contributed by atoms with van der Waals surface area (Å²) in [5.74, 6) is 1.61. The molecule has 5 nitrogen and oxygen atoms in total. The number of imidazole rings is 1. The molecule has 0 saturated carbocycles. The van der Waals surface area contributed by atoms with Crippen LogP contribution in [0.4, 0.5) is 24.8 Å². The first-order valence-corrected chi connectivity index (χ1v) is 7.99. The number of pyridine rings is 1. The highest BCUT2D eigenvalue weighted by molar-refractivity contribution is 5.79. The normalized spacial score (nSPS) is 11.5. The number of benzene rings is 2. The predicted octanol–water partition coefficient (Wildman–Crippen LogP) is 5.51. The van der Waals surface area contributed by atoms with Gasteiger partial charge in [-0.3, -0.25) is 4.98 Å². The van der Waals surface area contributed by atoms with Crippen molar-refractivity contribution in [2.24, 2.45) is 0 Å². The number of nitrogens with one attached hydrogen (secondary N) is 2. The number of H-pyrrole nitrogens is 1. The summed E-state index contributed by atoms with van der Waals surface area (Å²) >= 11 is 0. The Labute approximate surface area is 151 Å². The Hall–Kier alpha value is -3.55. The minimum atomic E-state index is -4.39. The number of hydrogen-bond acceptors (Lipinski definition) is 4. The first-order chi connectivity index (χ1) is 13.0. The van der Waals surface area contributed by atoms with Crippen molar-refractivity contribution in [1.82, 2.24) is 15.0 Å². The second-order valence-electron chi connectivity index (χ2n) is 5.76. The van der Waals surface area contributed by atoms with E-state index in [2.05, 4.69) is 20.3 Å². The molecule has 0 unspecified atom stereocenters. The van der Waals surface area contributed by atoms with Crippen LogP contribution in [0.1, 0.15) is 5.56 Å². The van der Waals surface area contributed by atoms with Crippen molar-refractivity contribution >= 4 is 22.7 Å². The molecule has 0 aliphatic heterocycles. The molecule has 2 aromatic carbocycles. The molecule has 0 amide bonds. The summed E-state index contributed by atoms with van der Waals surface area (Å²) in [7, 11) is 0. The van der Waals surface area contributed by atoms with Crippen LogP contribution in [0.25, 0.3) is 11.0 Å². The zero-order chi connectivity index (χ0) is 18.9. The lowest BCUT2D eigenvalue weighted by Gasteiger charge is -2.07. The molecular formula is C19H13F3N4O. The van der Waals surface area contributed by atoms with E-state index in [1.807, 2.05) is 0 Å². The topological polar surface area (TPSA) is 62.8 Å². The van der Waals surface area contributed by atoms with Crippen molar-refractivity contribution in [1.29, 1.82) is 0 Å². The SMILES string of the molecule is FC(F)(F)c1ccc2nc(Nc3ccc(Oc4cccnc4)cc3)[nH]c2c1. The molecule has 136 valence electrons. The maximum Gasteiger partial charge on any atom is 0.416 e. The number of nitrogens with zero attached hydrogens (tertiary/aromatic N) is 2. The fraction of sp³-hybridized carbons (Fsp3) is 0.0526. The molecule has 0 fully saturated rings. The second-order valence-corrected chi connectivity index (χ2v) is 5.76. The number of alkyl halides is 3. The van der Waals surface area contributed by atoms with E-state index in [-0.39, 0.29) is 0 Å². The third-order valence-corrected chi connectivity index (χ3v) is 3.80. The number of aromatic amines is 1. The van der Waals surface area contributed by atoms with Crippen LogP contribution in [0.15, 0.2) is 67.0 Å². The van der Waals surface area contributed by atoms with Gasteiger partial charge in [-0.15, -0.1) is 0 Å². The number of fused-ring (bicyclic) bond motifs is 1. The van der Waals surface area contributed by atoms with E-state index >= 15 is 0 Å². The molecule has 2 heterocycles. The third kappa shape index (κ3) is 3.84. The fourth-order valence-corrected chi connectivity index (χ4v) is 2.53. The highest BCUT2D eigenvalue weighted by atomic mass is 19.4. The largest absolute Gasteiger partial charge is 0.456 e. The van der Waals surface area contributed by atoms with Crippen LogP contribution in [0.3, 0.4) is 0 Å². The number of anilines is 2. The Bertz CT molecular complexity index is 1060. The standard InChI is InChI=1S/C19H13F3N4O/c20-19(21,22)12-3-8-16-17(10-12)26-18(25-16)24-13-4-6-14(7-5-13)27-15-2-1-9-23-11-15/h1-11H,(H2,24,25,26). The van der Waals surface area contributed by atoms with E-state index in [0.29, 0.717) is 34.2 Å². The smallest absolute Gasteiger partial charge is 0.416 e. The summed E-state index contributed by atoms with van der Waals surface area (Å²) in [5, 5.41) is 3.03. The number of aromatic nitrogens is 3. The fourth-order valence-electron chi connectivity index (χ4n) is 2.53. The Morgan fingerprint density at radius 2 is 1.78 bits per heavy atom. The maximum absolute atomic E-state index is 12.8. The van der Waals surface area contributed by atoms with Gasteiger partial charge in [0.2, 0.25) is 5.95 Å². The van der Waals surface area contributed by atoms with Gasteiger partial charge in [0.15, 0.2) is 0 Å². The van der Waals surface area contributed by atoms with E-state index in [4.69, 9.17) is 4.74 Å². The molecule has 0 saturated heterocycles. The third-order valence-electron chi connectivity index (χ3n) is 3.80. The van der Waals surface area contributed by atoms with Gasteiger partial charge in [0.1, 0.15) is 11.5 Å². The van der Waals surface area contributed by atoms with Gasteiger partial charge in [-0.25, -0.2) is 4.98 Å². The molecule has 4 rings (SSSR count). The van der Waals surface area contributed by atoms with Crippen molar-refractivity contribution in [3.8, 4) is 11.5 Å². The zero-order valence-corrected chi connectivity index (χ0v) is 13.8. The zero-order valence-electron chi connectivity index (χ0n) is 13.8. The van der Waals surface area contributed by atoms with Gasteiger partial charge in [-0.1, -0.05) is 0 Å². The Morgan fingerprint density at radius 1 is 0.963 bits per heavy atom. The lowest BCUT2D eigenvalue weighted by molar-refractivity contribution is -0.137. The van der Waals surface area contributed by atoms with E-state index in [1.54, 1.807) is 48.8 Å². The quantitative estimate of drug-likeness (QED) is 0.497. The van der Waals surface area contributed by atoms with E-state index < -0.39 is 11.7 Å². The van der Waals surface area contributed by atoms with Crippen LogP contribution in [-0.2, 0) is 6.18 Å². The summed E-state index contributed by atoms with van der Waals surface area (Å²) in [6.45, 7) is 0. The molecule has 2 aromatic heterocycles. The van der Waals surface area contributed by atoms with Gasteiger partial charge in [-0.2, -0.15) is 13.2 Å². The van der Waals surface area contributed by atoms with Crippen molar-refractivity contribution in [3.05, 3.63) is 72.6 Å². The van der Waals surface area contributed by atoms with Gasteiger partial charge < -0.3 is 15.0 Å². The van der Waals surface area contributed by atoms with Gasteiger partial charge in [-0.05, 0) is 54.6 Å². The average Bonchev–Trinajstić information content (AvgIpc) is 3.05. The van der Waals surface area contributed by atoms with Gasteiger partial charge in [0.25, 0.3) is 0 Å². The molecule has 4 aromatic rings. The minimum absolute atomic E-state index is 0.309. The summed E-state index contributed by atoms with van der Waals surface area (Å²) in [6.07, 6.45) is -1.13. The molecule has 0 atom stereocenters. The lowest BCUT2D eigenvalue weighted by Crippen LogP contribution is -2.04. The van der Waals surface area contributed by atoms with Gasteiger partial charge in [0, 0.05) is 11.9 Å². The van der Waals surface area contributed by atoms with Crippen molar-refractivity contribution < 1.29 is 17.9 Å². The second kappa shape index (κ2) is 6.64. The molecule has 0 aliphatic rings. The van der Waals surface area contributed by atoms with Crippen LogP contribution in [0.5, 0.6) is 11.5 Å². The molecule has 0 radical (unpaired) electrons. The summed E-state index contributed by atoms with van der Waals surface area (Å²) in [4.78, 5) is 11.1. The van der Waals surface area contributed by atoms with Gasteiger partial charge >= 0.3 is 6.18 Å². The van der Waals surface area contributed by atoms with Crippen LogP contribution in [0.2, 0.25) is 0 Å². The minimum Gasteiger partial charge on any atom is -0.456 e. The predicted molar refractivity (Wildman–Crippen MR) is 95.1 cm³/mol. The van der Waals surface area contributed by atoms with Crippen LogP contribution < -0.4 is 10.1 Å². The van der Waals surface area contributed by atoms with Crippen LogP contribution in [-0.4, -0.2) is 15.0 Å². The molecular weight excluding hydrogens is 357 g/mol. The summed E-state index contributed by atoms with van der Waals surface area (Å²) in [6, 6.07) is 14.0. The van der Waals surface area contributed by atoms with Crippen molar-refractivity contribution in [2.45, 2.75) is 6.18 Å². The van der Waals surface area contributed by atoms with Crippen LogP contribution >= 0.6 is 0 Å². The van der Waals surface area contributed by atoms with Crippen molar-refractivity contribution in [2.75, 3.05) is 5.32 Å². The molecule has 27 heavy (non-hydrogen) atoms. The number of ether oxygens (including phenoxy) is 1. The molecule has 0 aliphatic carbocycles. The first kappa shape index (κ1) is 16.9. The molecule has 0 spiro atoms. The number of halogens is 3. The highest BCUT2D eigenvalue weighted by Gasteiger charge is 2.30. The first-order valence-electron chi connectivity index (χ1n) is 7.99. The molecule has 8 heteroatoms. The highest BCUT2D eigenvalue weighted by Crippen LogP contribution is 2.31. The average molecular weight is 370 g/mol. The number of rotatable bonds is 4. The van der Waals surface area contributed by atoms with E-state index in [0.717, 1.165) is 12.1 Å². The number of hydrogen-bond donors (Lipinski definition) is 2. The monoisotopic (exact) mass is 370 g/mol. The van der Waals surface area contributed by atoms with E-state index in [9.17, 15) is 13.2 Å². The Balaban J connectivity index is 1.50. The van der Waals surface area contributed by atoms with E-state index in [1.165, 1.54) is 6.07 Å². The van der Waals surface area contributed by atoms with Gasteiger partial charge in [0.05, 0.1) is 22.8 Å².